The maximum absolute atomic E-state index is 6.41. The largest absolute Gasteiger partial charge is 0.456 e. The summed E-state index contributed by atoms with van der Waals surface area (Å²) < 4.78 is 12.7. The average Bonchev–Trinajstić information content (AvgIpc) is 4.00. The molecule has 0 radical (unpaired) electrons. The zero-order chi connectivity index (χ0) is 41.7. The fourth-order valence-electron chi connectivity index (χ4n) is 13.5. The third-order valence-electron chi connectivity index (χ3n) is 15.9. The molecule has 5 nitrogen and oxygen atoms in total. The molecule has 0 saturated heterocycles. The number of aromatic nitrogens is 3. The molecule has 304 valence electrons. The second-order valence-electron chi connectivity index (χ2n) is 19.1. The van der Waals surface area contributed by atoms with Gasteiger partial charge in [0.05, 0.1) is 0 Å². The van der Waals surface area contributed by atoms with E-state index in [0.29, 0.717) is 29.3 Å². The van der Waals surface area contributed by atoms with Crippen molar-refractivity contribution in [1.29, 1.82) is 0 Å². The summed E-state index contributed by atoms with van der Waals surface area (Å²) >= 11 is 0. The Bertz CT molecular complexity index is 3740. The number of furan rings is 2. The van der Waals surface area contributed by atoms with Crippen molar-refractivity contribution >= 4 is 54.6 Å². The molecule has 16 rings (SSSR count). The Morgan fingerprint density at radius 3 is 1.73 bits per heavy atom. The normalized spacial score (nSPS) is 21.8. The molecule has 1 spiro atoms. The fourth-order valence-corrected chi connectivity index (χ4v) is 13.5. The van der Waals surface area contributed by atoms with E-state index in [9.17, 15) is 0 Å². The van der Waals surface area contributed by atoms with Crippen LogP contribution in [-0.2, 0) is 5.41 Å². The van der Waals surface area contributed by atoms with Crippen LogP contribution in [-0.4, -0.2) is 15.0 Å². The minimum Gasteiger partial charge on any atom is -0.456 e. The lowest BCUT2D eigenvalue weighted by Crippen LogP contribution is -2.55. The molecule has 0 atom stereocenters. The highest BCUT2D eigenvalue weighted by Gasteiger charge is 2.62. The Labute approximate surface area is 369 Å². The van der Waals surface area contributed by atoms with Crippen LogP contribution < -0.4 is 0 Å². The van der Waals surface area contributed by atoms with Gasteiger partial charge in [0.25, 0.3) is 0 Å². The molecule has 3 heterocycles. The van der Waals surface area contributed by atoms with Gasteiger partial charge in [0.15, 0.2) is 17.5 Å². The van der Waals surface area contributed by atoms with Crippen LogP contribution in [0.5, 0.6) is 0 Å². The lowest BCUT2D eigenvalue weighted by molar-refractivity contribution is -0.0398. The van der Waals surface area contributed by atoms with Crippen LogP contribution in [0.4, 0.5) is 0 Å². The summed E-state index contributed by atoms with van der Waals surface area (Å²) in [7, 11) is 0. The summed E-state index contributed by atoms with van der Waals surface area (Å²) in [5.74, 6) is 4.80. The quantitative estimate of drug-likeness (QED) is 0.177. The summed E-state index contributed by atoms with van der Waals surface area (Å²) in [6.07, 6.45) is 6.58. The molecule has 5 aliphatic carbocycles. The van der Waals surface area contributed by atoms with E-state index < -0.39 is 0 Å². The zero-order valence-corrected chi connectivity index (χ0v) is 35.1. The molecule has 0 N–H and O–H groups in total. The van der Waals surface area contributed by atoms with Crippen molar-refractivity contribution in [2.45, 2.75) is 37.5 Å². The summed E-state index contributed by atoms with van der Waals surface area (Å²) in [6, 6.07) is 59.0. The highest BCUT2D eigenvalue weighted by Crippen LogP contribution is 2.70. The first kappa shape index (κ1) is 35.1. The molecule has 4 saturated carbocycles. The second-order valence-corrected chi connectivity index (χ2v) is 19.1. The van der Waals surface area contributed by atoms with E-state index in [1.165, 1.54) is 76.3 Å². The summed E-state index contributed by atoms with van der Waals surface area (Å²) in [5.41, 5.74) is 14.5. The summed E-state index contributed by atoms with van der Waals surface area (Å²) in [5, 5.41) is 6.91. The molecule has 0 aliphatic heterocycles. The average molecular weight is 824 g/mol. The van der Waals surface area contributed by atoms with Gasteiger partial charge in [0.2, 0.25) is 0 Å². The Morgan fingerprint density at radius 2 is 0.953 bits per heavy atom. The topological polar surface area (TPSA) is 65.0 Å². The Morgan fingerprint density at radius 1 is 0.375 bits per heavy atom. The van der Waals surface area contributed by atoms with Gasteiger partial charge < -0.3 is 8.83 Å². The number of para-hydroxylation sites is 2. The lowest BCUT2D eigenvalue weighted by Gasteiger charge is -2.61. The Balaban J connectivity index is 0.999. The van der Waals surface area contributed by atoms with Crippen molar-refractivity contribution in [3.63, 3.8) is 0 Å². The standard InChI is InChI=1S/C59H41N3O2/c1-2-10-35(11-3-1)56-60-57(39-19-21-45-43-14-6-8-16-50(43)64-53(45)32-39)62-58(61-56)55-42-13-5-4-12-38(42)31-49-54(55)46-22-18-37(36-20-23-52-47(29-36)44-15-7-9-17-51(44)63-52)30-48(46)59(49)40-25-33-24-34(27-40)28-41(59)26-33/h1-23,29-34,40-41H,24-28H2. The first-order chi connectivity index (χ1) is 31.6. The van der Waals surface area contributed by atoms with Crippen LogP contribution in [0.2, 0.25) is 0 Å². The Kier molecular flexibility index (Phi) is 7.06. The highest BCUT2D eigenvalue weighted by molar-refractivity contribution is 6.09. The fraction of sp³-hybridized carbons (Fsp3) is 0.169. The number of hydrogen-bond donors (Lipinski definition) is 0. The smallest absolute Gasteiger partial charge is 0.165 e. The lowest BCUT2D eigenvalue weighted by atomic mass is 9.43. The Hall–Kier alpha value is -7.37. The van der Waals surface area contributed by atoms with Gasteiger partial charge in [0.1, 0.15) is 22.3 Å². The van der Waals surface area contributed by atoms with Gasteiger partial charge in [-0.05, 0) is 148 Å². The van der Waals surface area contributed by atoms with E-state index in [0.717, 1.165) is 72.4 Å². The first-order valence-corrected chi connectivity index (χ1v) is 23.0. The van der Waals surface area contributed by atoms with Gasteiger partial charge in [-0.25, -0.2) is 15.0 Å². The van der Waals surface area contributed by atoms with Crippen molar-refractivity contribution in [3.05, 3.63) is 175 Å². The van der Waals surface area contributed by atoms with Gasteiger partial charge in [-0.2, -0.15) is 0 Å². The van der Waals surface area contributed by atoms with E-state index in [1.807, 2.05) is 24.3 Å². The van der Waals surface area contributed by atoms with Gasteiger partial charge in [-0.1, -0.05) is 115 Å². The molecular weight excluding hydrogens is 783 g/mol. The number of hydrogen-bond acceptors (Lipinski definition) is 5. The van der Waals surface area contributed by atoms with Crippen LogP contribution >= 0.6 is 0 Å². The predicted molar refractivity (Wildman–Crippen MR) is 257 cm³/mol. The van der Waals surface area contributed by atoms with Crippen molar-refractivity contribution < 1.29 is 8.83 Å². The summed E-state index contributed by atoms with van der Waals surface area (Å²) in [4.78, 5) is 16.2. The molecule has 0 unspecified atom stereocenters. The SMILES string of the molecule is c1ccc(-c2nc(-c3ccc4c(c3)oc3ccccc34)nc(-c3c4c(cc5ccccc35)C3(c5cc(-c6ccc7oc8ccccc8c7c6)ccc5-4)C4CC5CC(C4)CC3C5)n2)cc1. The molecule has 8 aromatic carbocycles. The molecule has 4 bridgehead atoms. The zero-order valence-electron chi connectivity index (χ0n) is 35.1. The maximum atomic E-state index is 6.41. The van der Waals surface area contributed by atoms with Gasteiger partial charge in [0, 0.05) is 43.7 Å². The molecular formula is C59H41N3O2. The molecule has 5 aliphatic rings. The van der Waals surface area contributed by atoms with E-state index in [1.54, 1.807) is 0 Å². The number of fused-ring (bicyclic) bond motifs is 10. The van der Waals surface area contributed by atoms with Crippen molar-refractivity contribution in [2.75, 3.05) is 0 Å². The monoisotopic (exact) mass is 823 g/mol. The second kappa shape index (κ2) is 12.9. The van der Waals surface area contributed by atoms with Gasteiger partial charge in [-0.3, -0.25) is 0 Å². The molecule has 64 heavy (non-hydrogen) atoms. The van der Waals surface area contributed by atoms with Crippen LogP contribution in [0.25, 0.3) is 111 Å². The number of benzene rings is 8. The van der Waals surface area contributed by atoms with Crippen molar-refractivity contribution in [1.82, 2.24) is 15.0 Å². The number of rotatable bonds is 4. The van der Waals surface area contributed by atoms with E-state index in [4.69, 9.17) is 23.8 Å². The molecule has 4 fully saturated rings. The van der Waals surface area contributed by atoms with Gasteiger partial charge >= 0.3 is 0 Å². The van der Waals surface area contributed by atoms with Crippen molar-refractivity contribution in [2.24, 2.45) is 23.7 Å². The maximum Gasteiger partial charge on any atom is 0.165 e. The molecule has 3 aromatic heterocycles. The minimum atomic E-state index is -0.0935. The summed E-state index contributed by atoms with van der Waals surface area (Å²) in [6.45, 7) is 0. The van der Waals surface area contributed by atoms with Gasteiger partial charge in [-0.15, -0.1) is 0 Å². The third kappa shape index (κ3) is 4.82. The third-order valence-corrected chi connectivity index (χ3v) is 15.9. The van der Waals surface area contributed by atoms with Crippen LogP contribution in [0.3, 0.4) is 0 Å². The first-order valence-electron chi connectivity index (χ1n) is 23.0. The van der Waals surface area contributed by atoms with E-state index in [2.05, 4.69) is 140 Å². The van der Waals surface area contributed by atoms with Crippen LogP contribution in [0.1, 0.15) is 43.2 Å². The highest BCUT2D eigenvalue weighted by atomic mass is 16.3. The van der Waals surface area contributed by atoms with Crippen LogP contribution in [0, 0.1) is 23.7 Å². The number of nitrogens with zero attached hydrogens (tertiary/aromatic N) is 3. The molecule has 5 heteroatoms. The molecule has 0 amide bonds. The minimum absolute atomic E-state index is 0.0935. The van der Waals surface area contributed by atoms with E-state index >= 15 is 0 Å². The van der Waals surface area contributed by atoms with Crippen molar-refractivity contribution in [3.8, 4) is 56.4 Å². The van der Waals surface area contributed by atoms with Crippen LogP contribution in [0.15, 0.2) is 173 Å². The predicted octanol–water partition coefficient (Wildman–Crippen LogP) is 15.2. The molecule has 11 aromatic rings. The van der Waals surface area contributed by atoms with E-state index in [-0.39, 0.29) is 5.41 Å².